The van der Waals surface area contributed by atoms with E-state index in [0.717, 1.165) is 6.54 Å². The lowest BCUT2D eigenvalue weighted by Gasteiger charge is -2.25. The Morgan fingerprint density at radius 3 is 2.92 bits per heavy atom. The molecular weight excluding hydrogens is 166 g/mol. The van der Waals surface area contributed by atoms with Crippen molar-refractivity contribution in [1.82, 2.24) is 5.32 Å². The molecule has 13 heavy (non-hydrogen) atoms. The van der Waals surface area contributed by atoms with E-state index in [9.17, 15) is 4.79 Å². The van der Waals surface area contributed by atoms with Gasteiger partial charge in [0, 0.05) is 18.7 Å². The monoisotopic (exact) mass is 183 g/mol. The Labute approximate surface area is 79.2 Å². The molecule has 0 aromatic rings. The molecule has 0 spiro atoms. The van der Waals surface area contributed by atoms with Crippen molar-refractivity contribution in [2.75, 3.05) is 13.2 Å². The van der Waals surface area contributed by atoms with Gasteiger partial charge in [0.15, 0.2) is 0 Å². The zero-order chi connectivity index (χ0) is 9.52. The lowest BCUT2D eigenvalue weighted by Crippen LogP contribution is -2.35. The Morgan fingerprint density at radius 1 is 1.62 bits per heavy atom. The molecule has 1 saturated carbocycles. The first-order valence-electron chi connectivity index (χ1n) is 4.89. The van der Waals surface area contributed by atoms with Gasteiger partial charge in [-0.15, -0.1) is 0 Å². The van der Waals surface area contributed by atoms with Crippen LogP contribution in [0, 0.1) is 0 Å². The predicted octanol–water partition coefficient (Wildman–Crippen LogP) is 1.25. The van der Waals surface area contributed by atoms with Crippen LogP contribution in [0.3, 0.4) is 0 Å². The molecule has 1 N–H and O–H groups in total. The van der Waals surface area contributed by atoms with Crippen molar-refractivity contribution in [1.29, 1.82) is 0 Å². The van der Waals surface area contributed by atoms with E-state index in [1.165, 1.54) is 25.3 Å². The summed E-state index contributed by atoms with van der Waals surface area (Å²) >= 11 is 0. The highest BCUT2D eigenvalue weighted by Crippen LogP contribution is 2.17. The van der Waals surface area contributed by atoms with Crippen LogP contribution < -0.4 is 5.32 Å². The number of rotatable bonds is 5. The molecular formula is C10H17NO2. The van der Waals surface area contributed by atoms with Crippen LogP contribution in [0.15, 0.2) is 12.2 Å². The number of nitrogens with one attached hydrogen (secondary N) is 1. The summed E-state index contributed by atoms with van der Waals surface area (Å²) in [4.78, 5) is 10.8. The molecule has 0 heterocycles. The van der Waals surface area contributed by atoms with Crippen LogP contribution in [-0.2, 0) is 9.53 Å². The normalized spacial score (nSPS) is 17.3. The summed E-state index contributed by atoms with van der Waals surface area (Å²) in [6.07, 6.45) is 7.17. The SMILES string of the molecule is CCOC(=O)/C=C/CNC1CCC1. The maximum atomic E-state index is 10.8. The molecule has 3 nitrogen and oxygen atoms in total. The summed E-state index contributed by atoms with van der Waals surface area (Å²) < 4.78 is 4.74. The summed E-state index contributed by atoms with van der Waals surface area (Å²) in [5, 5.41) is 3.32. The van der Waals surface area contributed by atoms with Crippen molar-refractivity contribution >= 4 is 5.97 Å². The molecule has 1 aliphatic rings. The average Bonchev–Trinajstić information content (AvgIpc) is 2.01. The van der Waals surface area contributed by atoms with E-state index < -0.39 is 0 Å². The van der Waals surface area contributed by atoms with Crippen LogP contribution in [-0.4, -0.2) is 25.2 Å². The van der Waals surface area contributed by atoms with E-state index >= 15 is 0 Å². The van der Waals surface area contributed by atoms with Gasteiger partial charge in [-0.1, -0.05) is 12.5 Å². The van der Waals surface area contributed by atoms with E-state index in [-0.39, 0.29) is 5.97 Å². The summed E-state index contributed by atoms with van der Waals surface area (Å²) in [7, 11) is 0. The van der Waals surface area contributed by atoms with E-state index in [1.54, 1.807) is 6.92 Å². The smallest absolute Gasteiger partial charge is 0.330 e. The Bertz CT molecular complexity index is 185. The highest BCUT2D eigenvalue weighted by molar-refractivity contribution is 5.81. The Morgan fingerprint density at radius 2 is 2.38 bits per heavy atom. The maximum Gasteiger partial charge on any atom is 0.330 e. The fourth-order valence-corrected chi connectivity index (χ4v) is 1.19. The van der Waals surface area contributed by atoms with Crippen molar-refractivity contribution in [3.8, 4) is 0 Å². The molecule has 0 aliphatic heterocycles. The molecule has 0 aromatic carbocycles. The van der Waals surface area contributed by atoms with Crippen molar-refractivity contribution in [3.05, 3.63) is 12.2 Å². The number of hydrogen-bond acceptors (Lipinski definition) is 3. The van der Waals surface area contributed by atoms with Gasteiger partial charge >= 0.3 is 5.97 Å². The summed E-state index contributed by atoms with van der Waals surface area (Å²) in [5.74, 6) is -0.252. The first-order chi connectivity index (χ1) is 6.33. The summed E-state index contributed by atoms with van der Waals surface area (Å²) in [5.41, 5.74) is 0. The standard InChI is InChI=1S/C10H17NO2/c1-2-13-10(12)7-4-8-11-9-5-3-6-9/h4,7,9,11H,2-3,5-6,8H2,1H3/b7-4+. The summed E-state index contributed by atoms with van der Waals surface area (Å²) in [6, 6.07) is 0.673. The molecule has 0 saturated heterocycles. The van der Waals surface area contributed by atoms with Crippen LogP contribution >= 0.6 is 0 Å². The molecule has 0 unspecified atom stereocenters. The third kappa shape index (κ3) is 4.08. The van der Waals surface area contributed by atoms with E-state index in [2.05, 4.69) is 5.32 Å². The Kier molecular flexibility index (Phi) is 4.54. The van der Waals surface area contributed by atoms with Crippen molar-refractivity contribution in [2.45, 2.75) is 32.2 Å². The maximum absolute atomic E-state index is 10.8. The molecule has 0 radical (unpaired) electrons. The second kappa shape index (κ2) is 5.75. The number of ether oxygens (including phenoxy) is 1. The molecule has 3 heteroatoms. The number of carbonyl (C=O) groups is 1. The van der Waals surface area contributed by atoms with Gasteiger partial charge in [0.1, 0.15) is 0 Å². The van der Waals surface area contributed by atoms with Gasteiger partial charge in [-0.3, -0.25) is 0 Å². The lowest BCUT2D eigenvalue weighted by molar-refractivity contribution is -0.137. The molecule has 0 atom stereocenters. The molecule has 0 bridgehead atoms. The first-order valence-corrected chi connectivity index (χ1v) is 4.89. The van der Waals surface area contributed by atoms with Gasteiger partial charge in [0.05, 0.1) is 6.61 Å². The molecule has 74 valence electrons. The zero-order valence-electron chi connectivity index (χ0n) is 8.08. The predicted molar refractivity (Wildman–Crippen MR) is 51.4 cm³/mol. The average molecular weight is 183 g/mol. The highest BCUT2D eigenvalue weighted by Gasteiger charge is 2.14. The second-order valence-corrected chi connectivity index (χ2v) is 3.19. The molecule has 1 rings (SSSR count). The van der Waals surface area contributed by atoms with Gasteiger partial charge in [-0.05, 0) is 19.8 Å². The quantitative estimate of drug-likeness (QED) is 0.515. The van der Waals surface area contributed by atoms with Gasteiger partial charge in [0.2, 0.25) is 0 Å². The van der Waals surface area contributed by atoms with Gasteiger partial charge in [0.25, 0.3) is 0 Å². The molecule has 0 amide bonds. The van der Waals surface area contributed by atoms with E-state index in [4.69, 9.17) is 4.74 Å². The minimum Gasteiger partial charge on any atom is -0.463 e. The summed E-state index contributed by atoms with van der Waals surface area (Å²) in [6.45, 7) is 3.01. The second-order valence-electron chi connectivity index (χ2n) is 3.19. The topological polar surface area (TPSA) is 38.3 Å². The minimum absolute atomic E-state index is 0.252. The van der Waals surface area contributed by atoms with Crippen molar-refractivity contribution in [2.24, 2.45) is 0 Å². The van der Waals surface area contributed by atoms with Gasteiger partial charge < -0.3 is 10.1 Å². The minimum atomic E-state index is -0.252. The molecule has 1 aliphatic carbocycles. The molecule has 0 aromatic heterocycles. The largest absolute Gasteiger partial charge is 0.463 e. The third-order valence-corrected chi connectivity index (χ3v) is 2.17. The van der Waals surface area contributed by atoms with Gasteiger partial charge in [-0.25, -0.2) is 4.79 Å². The zero-order valence-corrected chi connectivity index (χ0v) is 8.08. The Balaban J connectivity index is 1.99. The highest BCUT2D eigenvalue weighted by atomic mass is 16.5. The van der Waals surface area contributed by atoms with Crippen LogP contribution in [0.1, 0.15) is 26.2 Å². The fourth-order valence-electron chi connectivity index (χ4n) is 1.19. The molecule has 1 fully saturated rings. The van der Waals surface area contributed by atoms with Crippen LogP contribution in [0.25, 0.3) is 0 Å². The van der Waals surface area contributed by atoms with Gasteiger partial charge in [-0.2, -0.15) is 0 Å². The van der Waals surface area contributed by atoms with E-state index in [0.29, 0.717) is 12.6 Å². The van der Waals surface area contributed by atoms with Crippen LogP contribution in [0.4, 0.5) is 0 Å². The van der Waals surface area contributed by atoms with Crippen molar-refractivity contribution < 1.29 is 9.53 Å². The number of hydrogen-bond donors (Lipinski definition) is 1. The fraction of sp³-hybridized carbons (Fsp3) is 0.700. The van der Waals surface area contributed by atoms with Crippen LogP contribution in [0.2, 0.25) is 0 Å². The third-order valence-electron chi connectivity index (χ3n) is 2.17. The number of carbonyl (C=O) groups excluding carboxylic acids is 1. The Hall–Kier alpha value is -0.830. The number of esters is 1. The van der Waals surface area contributed by atoms with Crippen molar-refractivity contribution in [3.63, 3.8) is 0 Å². The van der Waals surface area contributed by atoms with Crippen LogP contribution in [0.5, 0.6) is 0 Å². The lowest BCUT2D eigenvalue weighted by atomic mass is 9.93. The van der Waals surface area contributed by atoms with E-state index in [1.807, 2.05) is 6.08 Å². The first kappa shape index (κ1) is 10.3.